The van der Waals surface area contributed by atoms with Crippen molar-refractivity contribution in [3.63, 3.8) is 0 Å². The maximum Gasteiger partial charge on any atom is 0.194 e. The zero-order chi connectivity index (χ0) is 13.8. The summed E-state index contributed by atoms with van der Waals surface area (Å²) in [6, 6.07) is 4.04. The third kappa shape index (κ3) is 3.52. The largest absolute Gasteiger partial charge is 0.330 e. The molecule has 0 bridgehead atoms. The standard InChI is InChI=1S/C14H18N4S/c1-9-10(2)17-14(18-11(9)3)19-13-5-4-12(6-7-15)8-16-13/h4-5,8H,6-7,15H2,1-3H3. The van der Waals surface area contributed by atoms with Gasteiger partial charge in [0.15, 0.2) is 5.16 Å². The summed E-state index contributed by atoms with van der Waals surface area (Å²) < 4.78 is 0. The van der Waals surface area contributed by atoms with E-state index in [1.165, 1.54) is 11.8 Å². The molecule has 0 saturated carbocycles. The molecule has 0 aliphatic heterocycles. The molecule has 100 valence electrons. The van der Waals surface area contributed by atoms with Crippen molar-refractivity contribution in [3.8, 4) is 0 Å². The van der Waals surface area contributed by atoms with Gasteiger partial charge in [-0.05, 0) is 62.7 Å². The van der Waals surface area contributed by atoms with Crippen LogP contribution in [0.5, 0.6) is 0 Å². The quantitative estimate of drug-likeness (QED) is 0.868. The molecule has 0 spiro atoms. The van der Waals surface area contributed by atoms with Crippen LogP contribution < -0.4 is 5.73 Å². The molecular weight excluding hydrogens is 256 g/mol. The molecule has 0 aliphatic carbocycles. The van der Waals surface area contributed by atoms with Crippen LogP contribution >= 0.6 is 11.8 Å². The third-order valence-electron chi connectivity index (χ3n) is 3.04. The van der Waals surface area contributed by atoms with Crippen molar-refractivity contribution in [2.75, 3.05) is 6.54 Å². The number of nitrogens with zero attached hydrogens (tertiary/aromatic N) is 3. The van der Waals surface area contributed by atoms with Crippen molar-refractivity contribution >= 4 is 11.8 Å². The fourth-order valence-corrected chi connectivity index (χ4v) is 2.46. The molecule has 2 aromatic heterocycles. The van der Waals surface area contributed by atoms with Gasteiger partial charge in [0.25, 0.3) is 0 Å². The number of hydrogen-bond acceptors (Lipinski definition) is 5. The number of nitrogens with two attached hydrogens (primary N) is 1. The Bertz CT molecular complexity index is 543. The number of rotatable bonds is 4. The first-order valence-electron chi connectivity index (χ1n) is 6.25. The van der Waals surface area contributed by atoms with Crippen molar-refractivity contribution < 1.29 is 0 Å². The molecule has 2 aromatic rings. The van der Waals surface area contributed by atoms with E-state index in [-0.39, 0.29) is 0 Å². The van der Waals surface area contributed by atoms with E-state index in [0.717, 1.165) is 39.1 Å². The highest BCUT2D eigenvalue weighted by Gasteiger charge is 2.07. The Balaban J connectivity index is 2.17. The maximum atomic E-state index is 5.52. The Labute approximate surface area is 117 Å². The van der Waals surface area contributed by atoms with Crippen molar-refractivity contribution in [3.05, 3.63) is 40.8 Å². The summed E-state index contributed by atoms with van der Waals surface area (Å²) in [5.41, 5.74) is 9.87. The molecule has 2 N–H and O–H groups in total. The van der Waals surface area contributed by atoms with E-state index in [4.69, 9.17) is 5.73 Å². The SMILES string of the molecule is Cc1nc(Sc2ccc(CCN)cn2)nc(C)c1C. The van der Waals surface area contributed by atoms with Crippen LogP contribution in [0.4, 0.5) is 0 Å². The lowest BCUT2D eigenvalue weighted by Gasteiger charge is -2.06. The second-order valence-electron chi connectivity index (χ2n) is 4.45. The topological polar surface area (TPSA) is 64.7 Å². The van der Waals surface area contributed by atoms with Crippen molar-refractivity contribution in [1.82, 2.24) is 15.0 Å². The number of hydrogen-bond donors (Lipinski definition) is 1. The van der Waals surface area contributed by atoms with Crippen LogP contribution in [0.2, 0.25) is 0 Å². The number of aryl methyl sites for hydroxylation is 2. The minimum absolute atomic E-state index is 0.646. The minimum Gasteiger partial charge on any atom is -0.330 e. The fraction of sp³-hybridized carbons (Fsp3) is 0.357. The molecule has 19 heavy (non-hydrogen) atoms. The van der Waals surface area contributed by atoms with Gasteiger partial charge in [-0.2, -0.15) is 0 Å². The molecule has 0 radical (unpaired) electrons. The van der Waals surface area contributed by atoms with Gasteiger partial charge in [-0.1, -0.05) is 6.07 Å². The highest BCUT2D eigenvalue weighted by Crippen LogP contribution is 2.24. The summed E-state index contributed by atoms with van der Waals surface area (Å²) in [4.78, 5) is 13.4. The first-order valence-corrected chi connectivity index (χ1v) is 7.06. The van der Waals surface area contributed by atoms with Crippen LogP contribution in [0.15, 0.2) is 28.5 Å². The van der Waals surface area contributed by atoms with Gasteiger partial charge in [0.1, 0.15) is 5.03 Å². The van der Waals surface area contributed by atoms with E-state index in [1.54, 1.807) is 0 Å². The third-order valence-corrected chi connectivity index (χ3v) is 3.85. The van der Waals surface area contributed by atoms with E-state index in [0.29, 0.717) is 6.54 Å². The Morgan fingerprint density at radius 2 is 1.79 bits per heavy atom. The van der Waals surface area contributed by atoms with Gasteiger partial charge in [0.2, 0.25) is 0 Å². The van der Waals surface area contributed by atoms with Gasteiger partial charge < -0.3 is 5.73 Å². The van der Waals surface area contributed by atoms with E-state index in [1.807, 2.05) is 33.0 Å². The zero-order valence-electron chi connectivity index (χ0n) is 11.5. The molecule has 0 fully saturated rings. The average molecular weight is 274 g/mol. The Kier molecular flexibility index (Phi) is 4.50. The van der Waals surface area contributed by atoms with Gasteiger partial charge in [0, 0.05) is 17.6 Å². The molecule has 0 aliphatic rings. The molecule has 5 heteroatoms. The molecule has 0 unspecified atom stereocenters. The lowest BCUT2D eigenvalue weighted by molar-refractivity contribution is 0.877. The second kappa shape index (κ2) is 6.12. The molecule has 0 saturated heterocycles. The van der Waals surface area contributed by atoms with Crippen LogP contribution in [0.25, 0.3) is 0 Å². The van der Waals surface area contributed by atoms with Crippen LogP contribution in [-0.2, 0) is 6.42 Å². The van der Waals surface area contributed by atoms with Gasteiger partial charge in [0.05, 0.1) is 0 Å². The second-order valence-corrected chi connectivity index (χ2v) is 5.43. The first kappa shape index (κ1) is 14.0. The minimum atomic E-state index is 0.646. The highest BCUT2D eigenvalue weighted by atomic mass is 32.2. The van der Waals surface area contributed by atoms with Gasteiger partial charge in [-0.25, -0.2) is 15.0 Å². The lowest BCUT2D eigenvalue weighted by atomic mass is 10.2. The lowest BCUT2D eigenvalue weighted by Crippen LogP contribution is -2.03. The van der Waals surface area contributed by atoms with Crippen molar-refractivity contribution in [2.24, 2.45) is 5.73 Å². The zero-order valence-corrected chi connectivity index (χ0v) is 12.3. The molecule has 0 atom stereocenters. The van der Waals surface area contributed by atoms with Crippen LogP contribution in [-0.4, -0.2) is 21.5 Å². The molecule has 2 rings (SSSR count). The summed E-state index contributed by atoms with van der Waals surface area (Å²) in [6.07, 6.45) is 2.72. The predicted octanol–water partition coefficient (Wildman–Crippen LogP) is 2.45. The smallest absolute Gasteiger partial charge is 0.194 e. The average Bonchev–Trinajstić information content (AvgIpc) is 2.38. The molecular formula is C14H18N4S. The summed E-state index contributed by atoms with van der Waals surface area (Å²) in [6.45, 7) is 6.70. The Morgan fingerprint density at radius 3 is 2.32 bits per heavy atom. The maximum absolute atomic E-state index is 5.52. The van der Waals surface area contributed by atoms with Crippen LogP contribution in [0.3, 0.4) is 0 Å². The van der Waals surface area contributed by atoms with Crippen LogP contribution in [0, 0.1) is 20.8 Å². The highest BCUT2D eigenvalue weighted by molar-refractivity contribution is 7.99. The Hall–Kier alpha value is -1.46. The van der Waals surface area contributed by atoms with E-state index < -0.39 is 0 Å². The number of pyridine rings is 1. The number of aromatic nitrogens is 3. The summed E-state index contributed by atoms with van der Waals surface area (Å²) in [5.74, 6) is 0. The fourth-order valence-electron chi connectivity index (χ4n) is 1.67. The van der Waals surface area contributed by atoms with Gasteiger partial charge >= 0.3 is 0 Å². The summed E-state index contributed by atoms with van der Waals surface area (Å²) in [5, 5.41) is 1.66. The van der Waals surface area contributed by atoms with Crippen molar-refractivity contribution in [1.29, 1.82) is 0 Å². The predicted molar refractivity (Wildman–Crippen MR) is 77.4 cm³/mol. The molecule has 4 nitrogen and oxygen atoms in total. The van der Waals surface area contributed by atoms with Gasteiger partial charge in [-0.3, -0.25) is 0 Å². The van der Waals surface area contributed by atoms with E-state index in [2.05, 4.69) is 21.0 Å². The normalized spacial score (nSPS) is 10.7. The van der Waals surface area contributed by atoms with E-state index in [9.17, 15) is 0 Å². The molecule has 0 aromatic carbocycles. The van der Waals surface area contributed by atoms with Gasteiger partial charge in [-0.15, -0.1) is 0 Å². The summed E-state index contributed by atoms with van der Waals surface area (Å²) in [7, 11) is 0. The molecule has 2 heterocycles. The molecule has 0 amide bonds. The monoisotopic (exact) mass is 274 g/mol. The first-order chi connectivity index (χ1) is 9.10. The Morgan fingerprint density at radius 1 is 1.11 bits per heavy atom. The summed E-state index contributed by atoms with van der Waals surface area (Å²) >= 11 is 1.49. The van der Waals surface area contributed by atoms with Crippen LogP contribution in [0.1, 0.15) is 22.5 Å². The van der Waals surface area contributed by atoms with Crippen molar-refractivity contribution in [2.45, 2.75) is 37.4 Å². The van der Waals surface area contributed by atoms with E-state index >= 15 is 0 Å².